The Morgan fingerprint density at radius 3 is 2.94 bits per heavy atom. The molecule has 0 bridgehead atoms. The monoisotopic (exact) mass is 333 g/mol. The van der Waals surface area contributed by atoms with Crippen LogP contribution in [0.5, 0.6) is 0 Å². The quantitative estimate of drug-likeness (QED) is 0.768. The third kappa shape index (κ3) is 4.97. The first-order valence-electron chi connectivity index (χ1n) is 6.39. The summed E-state index contributed by atoms with van der Waals surface area (Å²) in [6.45, 7) is 3.92. The van der Waals surface area contributed by atoms with Gasteiger partial charge in [0.1, 0.15) is 0 Å². The van der Waals surface area contributed by atoms with Gasteiger partial charge in [-0.1, -0.05) is 0 Å². The summed E-state index contributed by atoms with van der Waals surface area (Å²) < 4.78 is 6.60. The van der Waals surface area contributed by atoms with Crippen molar-refractivity contribution in [3.8, 4) is 0 Å². The maximum absolute atomic E-state index is 9.79. The second-order valence-corrected chi connectivity index (χ2v) is 7.40. The van der Waals surface area contributed by atoms with E-state index in [2.05, 4.69) is 34.2 Å². The summed E-state index contributed by atoms with van der Waals surface area (Å²) in [5.41, 5.74) is 0. The zero-order valence-corrected chi connectivity index (χ0v) is 13.0. The summed E-state index contributed by atoms with van der Waals surface area (Å²) in [6.07, 6.45) is 2.16. The van der Waals surface area contributed by atoms with E-state index in [-0.39, 0.29) is 6.04 Å². The van der Waals surface area contributed by atoms with Gasteiger partial charge in [-0.25, -0.2) is 0 Å². The first-order chi connectivity index (χ1) is 8.65. The summed E-state index contributed by atoms with van der Waals surface area (Å²) in [6, 6.07) is 4.41. The number of hydrogen-bond acceptors (Lipinski definition) is 4. The van der Waals surface area contributed by atoms with E-state index in [9.17, 15) is 5.11 Å². The van der Waals surface area contributed by atoms with Gasteiger partial charge in [0, 0.05) is 24.1 Å². The first-order valence-corrected chi connectivity index (χ1v) is 8.00. The molecule has 0 spiro atoms. The molecule has 1 heterocycles. The van der Waals surface area contributed by atoms with Crippen LogP contribution in [0.3, 0.4) is 0 Å². The molecule has 0 aromatic carbocycles. The number of ether oxygens (including phenoxy) is 1. The summed E-state index contributed by atoms with van der Waals surface area (Å²) >= 11 is 5.17. The molecule has 2 unspecified atom stereocenters. The molecule has 0 amide bonds. The number of aliphatic hydroxyl groups excluding tert-OH is 1. The highest BCUT2D eigenvalue weighted by Crippen LogP contribution is 2.29. The predicted molar refractivity (Wildman–Crippen MR) is 78.0 cm³/mol. The zero-order valence-electron chi connectivity index (χ0n) is 10.6. The minimum Gasteiger partial charge on any atom is -0.389 e. The molecule has 0 radical (unpaired) electrons. The summed E-state index contributed by atoms with van der Waals surface area (Å²) in [5, 5.41) is 13.1. The molecule has 5 heteroatoms. The van der Waals surface area contributed by atoms with E-state index in [0.29, 0.717) is 13.2 Å². The third-order valence-electron chi connectivity index (χ3n) is 3.04. The van der Waals surface area contributed by atoms with E-state index < -0.39 is 6.10 Å². The van der Waals surface area contributed by atoms with Gasteiger partial charge in [0.15, 0.2) is 0 Å². The average Bonchev–Trinajstić information content (AvgIpc) is 3.06. The Morgan fingerprint density at radius 2 is 2.33 bits per heavy atom. The van der Waals surface area contributed by atoms with Crippen molar-refractivity contribution in [3.63, 3.8) is 0 Å². The van der Waals surface area contributed by atoms with Crippen LogP contribution in [0.15, 0.2) is 15.9 Å². The van der Waals surface area contributed by atoms with E-state index in [1.54, 1.807) is 11.3 Å². The van der Waals surface area contributed by atoms with E-state index in [1.807, 2.05) is 6.07 Å². The van der Waals surface area contributed by atoms with Crippen molar-refractivity contribution in [1.29, 1.82) is 0 Å². The lowest BCUT2D eigenvalue weighted by molar-refractivity contribution is 0.0315. The number of halogens is 1. The van der Waals surface area contributed by atoms with E-state index >= 15 is 0 Å². The highest BCUT2D eigenvalue weighted by atomic mass is 79.9. The Balaban J connectivity index is 1.60. The lowest BCUT2D eigenvalue weighted by atomic mass is 10.2. The number of nitrogens with one attached hydrogen (secondary N) is 1. The molecule has 1 saturated carbocycles. The SMILES string of the molecule is CC(NCC(O)COCC1CC1)c1ccc(Br)s1. The fourth-order valence-electron chi connectivity index (χ4n) is 1.69. The molecule has 1 aliphatic rings. The second-order valence-electron chi connectivity index (χ2n) is 4.91. The maximum Gasteiger partial charge on any atom is 0.0897 e. The number of aliphatic hydroxyl groups is 1. The highest BCUT2D eigenvalue weighted by molar-refractivity contribution is 9.11. The van der Waals surface area contributed by atoms with Crippen LogP contribution in [0.1, 0.15) is 30.7 Å². The van der Waals surface area contributed by atoms with E-state index in [4.69, 9.17) is 4.74 Å². The molecular weight excluding hydrogens is 314 g/mol. The lowest BCUT2D eigenvalue weighted by Gasteiger charge is -2.16. The van der Waals surface area contributed by atoms with Crippen molar-refractivity contribution >= 4 is 27.3 Å². The molecule has 0 aliphatic heterocycles. The topological polar surface area (TPSA) is 41.5 Å². The van der Waals surface area contributed by atoms with E-state index in [0.717, 1.165) is 16.3 Å². The largest absolute Gasteiger partial charge is 0.389 e. The number of thiophene rings is 1. The maximum atomic E-state index is 9.79. The van der Waals surface area contributed by atoms with Crippen molar-refractivity contribution in [2.45, 2.75) is 31.9 Å². The second kappa shape index (κ2) is 7.01. The van der Waals surface area contributed by atoms with Gasteiger partial charge in [-0.05, 0) is 53.7 Å². The van der Waals surface area contributed by atoms with Gasteiger partial charge in [-0.2, -0.15) is 0 Å². The molecule has 3 nitrogen and oxygen atoms in total. The van der Waals surface area contributed by atoms with Crippen LogP contribution in [0, 0.1) is 5.92 Å². The molecule has 1 aliphatic carbocycles. The molecule has 1 fully saturated rings. The van der Waals surface area contributed by atoms with Gasteiger partial charge in [0.05, 0.1) is 16.5 Å². The standard InChI is InChI=1S/C13H20BrNO2S/c1-9(12-4-5-13(14)18-12)15-6-11(16)8-17-7-10-2-3-10/h4-5,9-11,15-16H,2-3,6-8H2,1H3. The van der Waals surface area contributed by atoms with Gasteiger partial charge in [-0.3, -0.25) is 0 Å². The van der Waals surface area contributed by atoms with Crippen molar-refractivity contribution in [3.05, 3.63) is 20.8 Å². The van der Waals surface area contributed by atoms with Gasteiger partial charge in [-0.15, -0.1) is 11.3 Å². The lowest BCUT2D eigenvalue weighted by Crippen LogP contribution is -2.32. The van der Waals surface area contributed by atoms with Crippen LogP contribution in [-0.2, 0) is 4.74 Å². The Bertz CT molecular complexity index is 368. The summed E-state index contributed by atoms with van der Waals surface area (Å²) in [5.74, 6) is 0.757. The molecule has 102 valence electrons. The van der Waals surface area contributed by atoms with Gasteiger partial charge in [0.25, 0.3) is 0 Å². The van der Waals surface area contributed by atoms with Gasteiger partial charge in [0.2, 0.25) is 0 Å². The molecule has 1 aromatic heterocycles. The van der Waals surface area contributed by atoms with Crippen LogP contribution in [0.2, 0.25) is 0 Å². The minimum absolute atomic E-state index is 0.263. The van der Waals surface area contributed by atoms with Gasteiger partial charge >= 0.3 is 0 Å². The predicted octanol–water partition coefficient (Wildman–Crippen LogP) is 2.95. The van der Waals surface area contributed by atoms with Crippen molar-refractivity contribution in [2.75, 3.05) is 19.8 Å². The van der Waals surface area contributed by atoms with Crippen molar-refractivity contribution in [2.24, 2.45) is 5.92 Å². The first kappa shape index (κ1) is 14.5. The fourth-order valence-corrected chi connectivity index (χ4v) is 3.14. The Kier molecular flexibility index (Phi) is 5.63. The molecular formula is C13H20BrNO2S. The number of hydrogen-bond donors (Lipinski definition) is 2. The molecule has 2 atom stereocenters. The summed E-state index contributed by atoms with van der Waals surface area (Å²) in [7, 11) is 0. The van der Waals surface area contributed by atoms with Gasteiger partial charge < -0.3 is 15.2 Å². The Hall–Kier alpha value is 0.0600. The molecule has 18 heavy (non-hydrogen) atoms. The van der Waals surface area contributed by atoms with Crippen LogP contribution in [0.25, 0.3) is 0 Å². The summed E-state index contributed by atoms with van der Waals surface area (Å²) in [4.78, 5) is 1.27. The smallest absolute Gasteiger partial charge is 0.0897 e. The molecule has 0 saturated heterocycles. The Morgan fingerprint density at radius 1 is 1.56 bits per heavy atom. The highest BCUT2D eigenvalue weighted by Gasteiger charge is 2.21. The molecule has 2 rings (SSSR count). The normalized spacial score (nSPS) is 18.8. The minimum atomic E-state index is -0.422. The average molecular weight is 334 g/mol. The number of rotatable bonds is 8. The third-order valence-corrected chi connectivity index (χ3v) is 4.85. The molecule has 1 aromatic rings. The van der Waals surface area contributed by atoms with Crippen molar-refractivity contribution < 1.29 is 9.84 Å². The Labute approximate surface area is 121 Å². The van der Waals surface area contributed by atoms with Crippen molar-refractivity contribution in [1.82, 2.24) is 5.32 Å². The van der Waals surface area contributed by atoms with Crippen LogP contribution < -0.4 is 5.32 Å². The van der Waals surface area contributed by atoms with E-state index in [1.165, 1.54) is 17.7 Å². The molecule has 2 N–H and O–H groups in total. The fraction of sp³-hybridized carbons (Fsp3) is 0.692. The van der Waals surface area contributed by atoms with Crippen LogP contribution in [0.4, 0.5) is 0 Å². The van der Waals surface area contributed by atoms with Crippen LogP contribution >= 0.6 is 27.3 Å². The van der Waals surface area contributed by atoms with Crippen LogP contribution in [-0.4, -0.2) is 31.0 Å². The zero-order chi connectivity index (χ0) is 13.0.